The molecule has 0 unspecified atom stereocenters. The van der Waals surface area contributed by atoms with E-state index in [-0.39, 0.29) is 5.56 Å². The first-order valence-corrected chi connectivity index (χ1v) is 7.07. The molecule has 0 atom stereocenters. The largest absolute Gasteiger partial charge is 0.384 e. The summed E-state index contributed by atoms with van der Waals surface area (Å²) in [6.07, 6.45) is 1.04. The third-order valence-electron chi connectivity index (χ3n) is 3.57. The van der Waals surface area contributed by atoms with Crippen LogP contribution in [-0.4, -0.2) is 19.6 Å². The van der Waals surface area contributed by atoms with Crippen molar-refractivity contribution >= 4 is 17.3 Å². The molecule has 19 heavy (non-hydrogen) atoms. The Labute approximate surface area is 117 Å². The summed E-state index contributed by atoms with van der Waals surface area (Å²) in [5.41, 5.74) is 0.703. The number of piperidine rings is 1. The van der Waals surface area contributed by atoms with E-state index in [4.69, 9.17) is 11.6 Å². The molecule has 0 saturated carbocycles. The topological polar surface area (TPSA) is 24.1 Å². The lowest BCUT2D eigenvalue weighted by molar-refractivity contribution is 0.151. The van der Waals surface area contributed by atoms with Crippen molar-refractivity contribution in [2.45, 2.75) is 25.7 Å². The lowest BCUT2D eigenvalue weighted by Gasteiger charge is -2.22. The molecule has 0 amide bonds. The fraction of sp³-hybridized carbons (Fsp3) is 0.571. The summed E-state index contributed by atoms with van der Waals surface area (Å²) in [6.45, 7) is 3.02. The first-order valence-electron chi connectivity index (χ1n) is 6.69. The first-order chi connectivity index (χ1) is 9.16. The number of alkyl halides is 2. The molecule has 0 aliphatic carbocycles. The Morgan fingerprint density at radius 1 is 1.32 bits per heavy atom. The van der Waals surface area contributed by atoms with Crippen molar-refractivity contribution in [3.05, 3.63) is 28.8 Å². The van der Waals surface area contributed by atoms with E-state index in [0.717, 1.165) is 37.7 Å². The zero-order chi connectivity index (χ0) is 13.7. The molecule has 1 aliphatic rings. The molecule has 0 bridgehead atoms. The maximum Gasteiger partial charge on any atom is 0.263 e. The highest BCUT2D eigenvalue weighted by atomic mass is 35.5. The summed E-state index contributed by atoms with van der Waals surface area (Å²) in [7, 11) is 0. The van der Waals surface area contributed by atoms with Gasteiger partial charge in [0.2, 0.25) is 0 Å². The zero-order valence-corrected chi connectivity index (χ0v) is 11.5. The van der Waals surface area contributed by atoms with Crippen molar-refractivity contribution in [1.29, 1.82) is 0 Å². The van der Waals surface area contributed by atoms with Crippen LogP contribution in [0.5, 0.6) is 0 Å². The predicted octanol–water partition coefficient (Wildman–Crippen LogP) is 4.08. The van der Waals surface area contributed by atoms with E-state index < -0.39 is 6.43 Å². The molecule has 0 aromatic heterocycles. The fourth-order valence-electron chi connectivity index (χ4n) is 2.39. The van der Waals surface area contributed by atoms with Crippen molar-refractivity contribution in [3.63, 3.8) is 0 Å². The van der Waals surface area contributed by atoms with Gasteiger partial charge in [-0.2, -0.15) is 0 Å². The van der Waals surface area contributed by atoms with Gasteiger partial charge < -0.3 is 10.6 Å². The Hall–Kier alpha value is -0.870. The quantitative estimate of drug-likeness (QED) is 0.853. The second-order valence-corrected chi connectivity index (χ2v) is 5.36. The highest BCUT2D eigenvalue weighted by Gasteiger charge is 2.13. The van der Waals surface area contributed by atoms with E-state index >= 15 is 0 Å². The molecule has 2 nitrogen and oxygen atoms in total. The van der Waals surface area contributed by atoms with Crippen molar-refractivity contribution in [2.24, 2.45) is 5.92 Å². The van der Waals surface area contributed by atoms with E-state index in [2.05, 4.69) is 10.6 Å². The van der Waals surface area contributed by atoms with Gasteiger partial charge >= 0.3 is 0 Å². The zero-order valence-electron chi connectivity index (χ0n) is 10.8. The van der Waals surface area contributed by atoms with E-state index in [9.17, 15) is 8.78 Å². The van der Waals surface area contributed by atoms with Gasteiger partial charge in [0.15, 0.2) is 0 Å². The number of anilines is 1. The molecule has 1 aliphatic heterocycles. The standard InChI is InChI=1S/C14H19ClF2N2/c15-12-9-11(14(16)17)1-2-13(12)19-8-5-10-3-6-18-7-4-10/h1-2,9-10,14,18-19H,3-8H2. The van der Waals surface area contributed by atoms with Crippen molar-refractivity contribution in [3.8, 4) is 0 Å². The van der Waals surface area contributed by atoms with Crippen LogP contribution < -0.4 is 10.6 Å². The smallest absolute Gasteiger partial charge is 0.263 e. The number of rotatable bonds is 5. The summed E-state index contributed by atoms with van der Waals surface area (Å²) in [5.74, 6) is 0.743. The van der Waals surface area contributed by atoms with Gasteiger partial charge in [-0.05, 0) is 50.4 Å². The van der Waals surface area contributed by atoms with Gasteiger partial charge in [0.1, 0.15) is 0 Å². The molecule has 106 valence electrons. The minimum atomic E-state index is -2.47. The van der Waals surface area contributed by atoms with Crippen LogP contribution in [0.3, 0.4) is 0 Å². The number of halogens is 3. The summed E-state index contributed by atoms with van der Waals surface area (Å²) in [6, 6.07) is 4.38. The van der Waals surface area contributed by atoms with Crippen LogP contribution in [0, 0.1) is 5.92 Å². The van der Waals surface area contributed by atoms with E-state index in [1.54, 1.807) is 6.07 Å². The highest BCUT2D eigenvalue weighted by Crippen LogP contribution is 2.28. The van der Waals surface area contributed by atoms with Gasteiger partial charge in [0.05, 0.1) is 10.7 Å². The van der Waals surface area contributed by atoms with E-state index in [1.807, 2.05) is 0 Å². The highest BCUT2D eigenvalue weighted by molar-refractivity contribution is 6.33. The Morgan fingerprint density at radius 3 is 2.68 bits per heavy atom. The van der Waals surface area contributed by atoms with Gasteiger partial charge in [-0.25, -0.2) is 8.78 Å². The van der Waals surface area contributed by atoms with Crippen LogP contribution in [0.1, 0.15) is 31.3 Å². The second-order valence-electron chi connectivity index (χ2n) is 4.95. The van der Waals surface area contributed by atoms with Gasteiger partial charge in [-0.3, -0.25) is 0 Å². The van der Waals surface area contributed by atoms with Gasteiger partial charge in [-0.15, -0.1) is 0 Å². The SMILES string of the molecule is FC(F)c1ccc(NCCC2CCNCC2)c(Cl)c1. The molecule has 1 saturated heterocycles. The molecule has 1 aromatic carbocycles. The molecule has 0 spiro atoms. The summed E-state index contributed by atoms with van der Waals surface area (Å²) in [4.78, 5) is 0. The van der Waals surface area contributed by atoms with E-state index in [0.29, 0.717) is 5.02 Å². The van der Waals surface area contributed by atoms with Gasteiger partial charge in [-0.1, -0.05) is 17.7 Å². The molecular formula is C14H19ClF2N2. The maximum atomic E-state index is 12.5. The third kappa shape index (κ3) is 4.32. The lowest BCUT2D eigenvalue weighted by Crippen LogP contribution is -2.28. The van der Waals surface area contributed by atoms with Crippen LogP contribution in [-0.2, 0) is 0 Å². The Morgan fingerprint density at radius 2 is 2.05 bits per heavy atom. The molecular weight excluding hydrogens is 270 g/mol. The van der Waals surface area contributed by atoms with Crippen LogP contribution in [0.25, 0.3) is 0 Å². The molecule has 1 fully saturated rings. The summed E-state index contributed by atoms with van der Waals surface area (Å²) >= 11 is 5.99. The van der Waals surface area contributed by atoms with Gasteiger partial charge in [0, 0.05) is 12.1 Å². The normalized spacial score (nSPS) is 16.8. The Bertz CT molecular complexity index is 406. The van der Waals surface area contributed by atoms with E-state index in [1.165, 1.54) is 25.0 Å². The number of benzene rings is 1. The van der Waals surface area contributed by atoms with Crippen molar-refractivity contribution in [1.82, 2.24) is 5.32 Å². The molecule has 1 heterocycles. The minimum absolute atomic E-state index is 0.0334. The second kappa shape index (κ2) is 7.06. The van der Waals surface area contributed by atoms with Gasteiger partial charge in [0.25, 0.3) is 6.43 Å². The lowest BCUT2D eigenvalue weighted by atomic mass is 9.95. The summed E-state index contributed by atoms with van der Waals surface area (Å²) < 4.78 is 25.0. The van der Waals surface area contributed by atoms with Crippen LogP contribution in [0.2, 0.25) is 5.02 Å². The maximum absolute atomic E-state index is 12.5. The van der Waals surface area contributed by atoms with Crippen LogP contribution >= 0.6 is 11.6 Å². The molecule has 5 heteroatoms. The first kappa shape index (κ1) is 14.5. The average molecular weight is 289 g/mol. The number of hydrogen-bond acceptors (Lipinski definition) is 2. The molecule has 2 N–H and O–H groups in total. The fourth-order valence-corrected chi connectivity index (χ4v) is 2.65. The Kier molecular flexibility index (Phi) is 5.40. The Balaban J connectivity index is 1.82. The van der Waals surface area contributed by atoms with Crippen LogP contribution in [0.15, 0.2) is 18.2 Å². The number of nitrogens with one attached hydrogen (secondary N) is 2. The van der Waals surface area contributed by atoms with Crippen molar-refractivity contribution < 1.29 is 8.78 Å². The monoisotopic (exact) mass is 288 g/mol. The molecule has 0 radical (unpaired) electrons. The minimum Gasteiger partial charge on any atom is -0.384 e. The summed E-state index contributed by atoms with van der Waals surface area (Å²) in [5, 5.41) is 6.93. The van der Waals surface area contributed by atoms with Crippen molar-refractivity contribution in [2.75, 3.05) is 25.0 Å². The molecule has 2 rings (SSSR count). The van der Waals surface area contributed by atoms with Crippen LogP contribution in [0.4, 0.5) is 14.5 Å². The third-order valence-corrected chi connectivity index (χ3v) is 3.88. The molecule has 1 aromatic rings. The average Bonchev–Trinajstić information content (AvgIpc) is 2.41. The number of hydrogen-bond donors (Lipinski definition) is 2. The predicted molar refractivity (Wildman–Crippen MR) is 75.1 cm³/mol.